The molecule has 0 aliphatic heterocycles. The van der Waals surface area contributed by atoms with E-state index in [1.54, 1.807) is 0 Å². The molecule has 9 heavy (non-hydrogen) atoms. The van der Waals surface area contributed by atoms with Crippen molar-refractivity contribution in [2.24, 2.45) is 0 Å². The lowest BCUT2D eigenvalue weighted by Gasteiger charge is -2.09. The minimum Gasteiger partial charge on any atom is -0.352 e. The molecular weight excluding hydrogens is 110 g/mol. The first-order valence-electron chi connectivity index (χ1n) is 3.47. The van der Waals surface area contributed by atoms with Gasteiger partial charge in [-0.15, -0.1) is 0 Å². The Balaban J connectivity index is 2.65. The molecule has 0 aliphatic rings. The Bertz CT molecular complexity index is 153. The van der Waals surface area contributed by atoms with E-state index in [0.29, 0.717) is 6.04 Å². The molecule has 1 heterocycles. The van der Waals surface area contributed by atoms with Gasteiger partial charge in [-0.25, -0.2) is 0 Å². The second kappa shape index (κ2) is 2.72. The van der Waals surface area contributed by atoms with Crippen LogP contribution in [0.3, 0.4) is 0 Å². The van der Waals surface area contributed by atoms with Gasteiger partial charge in [-0.2, -0.15) is 0 Å². The topological polar surface area (TPSA) is 4.93 Å². The average molecular weight is 123 g/mol. The lowest BCUT2D eigenvalue weighted by Crippen LogP contribution is -1.98. The molecule has 0 bridgehead atoms. The number of hydrogen-bond acceptors (Lipinski definition) is 0. The summed E-state index contributed by atoms with van der Waals surface area (Å²) in [5.74, 6) is 0. The van der Waals surface area contributed by atoms with Gasteiger partial charge in [0.15, 0.2) is 0 Å². The smallest absolute Gasteiger partial charge is 0.0299 e. The third-order valence-corrected chi connectivity index (χ3v) is 1.73. The quantitative estimate of drug-likeness (QED) is 0.569. The minimum absolute atomic E-state index is 0.653. The van der Waals surface area contributed by atoms with Crippen LogP contribution in [0.2, 0.25) is 0 Å². The first-order valence-corrected chi connectivity index (χ1v) is 3.47. The molecule has 1 heteroatoms. The molecule has 0 radical (unpaired) electrons. The van der Waals surface area contributed by atoms with E-state index in [4.69, 9.17) is 0 Å². The van der Waals surface area contributed by atoms with Crippen molar-refractivity contribution in [2.45, 2.75) is 26.3 Å². The van der Waals surface area contributed by atoms with E-state index in [-0.39, 0.29) is 0 Å². The number of rotatable bonds is 2. The minimum atomic E-state index is 0.653. The average Bonchev–Trinajstić information content (AvgIpc) is 2.37. The van der Waals surface area contributed by atoms with Crippen molar-refractivity contribution < 1.29 is 0 Å². The Morgan fingerprint density at radius 2 is 1.89 bits per heavy atom. The third kappa shape index (κ3) is 1.35. The largest absolute Gasteiger partial charge is 0.352 e. The van der Waals surface area contributed by atoms with Gasteiger partial charge in [-0.3, -0.25) is 0 Å². The number of hydrogen-bond donors (Lipinski definition) is 0. The molecular formula is C8H13N. The Labute approximate surface area is 56.3 Å². The summed E-state index contributed by atoms with van der Waals surface area (Å²) >= 11 is 0. The van der Waals surface area contributed by atoms with Gasteiger partial charge in [0.05, 0.1) is 0 Å². The molecule has 0 saturated carbocycles. The van der Waals surface area contributed by atoms with Gasteiger partial charge in [0.1, 0.15) is 0 Å². The Hall–Kier alpha value is -0.720. The molecule has 0 aromatic carbocycles. The predicted octanol–water partition coefficient (Wildman–Crippen LogP) is 2.46. The van der Waals surface area contributed by atoms with Gasteiger partial charge in [-0.05, 0) is 25.5 Å². The van der Waals surface area contributed by atoms with E-state index in [2.05, 4.69) is 42.9 Å². The standard InChI is InChI=1S/C8H13N/c1-3-8(2)9-6-4-5-7-9/h4-8H,3H2,1-2H3. The summed E-state index contributed by atoms with van der Waals surface area (Å²) in [7, 11) is 0. The first-order chi connectivity index (χ1) is 4.34. The number of nitrogens with zero attached hydrogens (tertiary/aromatic N) is 1. The molecule has 0 aliphatic carbocycles. The van der Waals surface area contributed by atoms with Gasteiger partial charge in [0, 0.05) is 18.4 Å². The summed E-state index contributed by atoms with van der Waals surface area (Å²) < 4.78 is 2.22. The maximum Gasteiger partial charge on any atom is 0.0299 e. The van der Waals surface area contributed by atoms with Crippen molar-refractivity contribution in [3.8, 4) is 0 Å². The van der Waals surface area contributed by atoms with Crippen LogP contribution in [-0.2, 0) is 0 Å². The molecule has 1 aromatic rings. The monoisotopic (exact) mass is 123 g/mol. The first kappa shape index (κ1) is 6.40. The lowest BCUT2D eigenvalue weighted by atomic mass is 10.3. The highest BCUT2D eigenvalue weighted by Gasteiger charge is 1.96. The van der Waals surface area contributed by atoms with Gasteiger partial charge in [-0.1, -0.05) is 6.92 Å². The van der Waals surface area contributed by atoms with Crippen molar-refractivity contribution in [2.75, 3.05) is 0 Å². The molecule has 0 saturated heterocycles. The van der Waals surface area contributed by atoms with E-state index in [0.717, 1.165) is 0 Å². The van der Waals surface area contributed by atoms with E-state index < -0.39 is 0 Å². The van der Waals surface area contributed by atoms with Gasteiger partial charge in [0.25, 0.3) is 0 Å². The molecule has 1 atom stereocenters. The van der Waals surface area contributed by atoms with Crippen LogP contribution >= 0.6 is 0 Å². The van der Waals surface area contributed by atoms with Crippen molar-refractivity contribution in [1.29, 1.82) is 0 Å². The second-order valence-electron chi connectivity index (χ2n) is 2.39. The van der Waals surface area contributed by atoms with Crippen LogP contribution < -0.4 is 0 Å². The van der Waals surface area contributed by atoms with Crippen LogP contribution in [0, 0.1) is 0 Å². The van der Waals surface area contributed by atoms with Crippen LogP contribution in [0.4, 0.5) is 0 Å². The molecule has 1 aromatic heterocycles. The van der Waals surface area contributed by atoms with Crippen molar-refractivity contribution in [3.05, 3.63) is 24.5 Å². The molecule has 0 fully saturated rings. The molecule has 1 rings (SSSR count). The molecule has 0 spiro atoms. The zero-order chi connectivity index (χ0) is 6.69. The van der Waals surface area contributed by atoms with Crippen molar-refractivity contribution in [1.82, 2.24) is 4.57 Å². The summed E-state index contributed by atoms with van der Waals surface area (Å²) in [6, 6.07) is 4.78. The summed E-state index contributed by atoms with van der Waals surface area (Å²) in [4.78, 5) is 0. The van der Waals surface area contributed by atoms with Gasteiger partial charge >= 0.3 is 0 Å². The van der Waals surface area contributed by atoms with Crippen LogP contribution in [0.25, 0.3) is 0 Å². The maximum absolute atomic E-state index is 2.22. The molecule has 1 unspecified atom stereocenters. The fourth-order valence-corrected chi connectivity index (χ4v) is 0.853. The fourth-order valence-electron chi connectivity index (χ4n) is 0.853. The maximum atomic E-state index is 2.22. The summed E-state index contributed by atoms with van der Waals surface area (Å²) in [5, 5.41) is 0. The third-order valence-electron chi connectivity index (χ3n) is 1.73. The molecule has 0 amide bonds. The highest BCUT2D eigenvalue weighted by Crippen LogP contribution is 2.08. The SMILES string of the molecule is CCC(C)n1cccc1. The van der Waals surface area contributed by atoms with E-state index in [1.807, 2.05) is 0 Å². The summed E-state index contributed by atoms with van der Waals surface area (Å²) in [5.41, 5.74) is 0. The summed E-state index contributed by atoms with van der Waals surface area (Å²) in [6.07, 6.45) is 5.41. The fraction of sp³-hybridized carbons (Fsp3) is 0.500. The Kier molecular flexibility index (Phi) is 1.93. The van der Waals surface area contributed by atoms with Gasteiger partial charge in [0.2, 0.25) is 0 Å². The Morgan fingerprint density at radius 1 is 1.33 bits per heavy atom. The predicted molar refractivity (Wildman–Crippen MR) is 39.4 cm³/mol. The Morgan fingerprint density at radius 3 is 2.33 bits per heavy atom. The zero-order valence-electron chi connectivity index (χ0n) is 6.04. The van der Waals surface area contributed by atoms with E-state index in [9.17, 15) is 0 Å². The van der Waals surface area contributed by atoms with E-state index >= 15 is 0 Å². The van der Waals surface area contributed by atoms with Gasteiger partial charge < -0.3 is 4.57 Å². The molecule has 1 nitrogen and oxygen atoms in total. The van der Waals surface area contributed by atoms with Crippen LogP contribution in [0.1, 0.15) is 26.3 Å². The van der Waals surface area contributed by atoms with E-state index in [1.165, 1.54) is 6.42 Å². The summed E-state index contributed by atoms with van der Waals surface area (Å²) in [6.45, 7) is 4.42. The van der Waals surface area contributed by atoms with Crippen LogP contribution in [0.5, 0.6) is 0 Å². The van der Waals surface area contributed by atoms with Crippen LogP contribution in [0.15, 0.2) is 24.5 Å². The normalized spacial score (nSPS) is 13.6. The van der Waals surface area contributed by atoms with Crippen LogP contribution in [-0.4, -0.2) is 4.57 Å². The second-order valence-corrected chi connectivity index (χ2v) is 2.39. The van der Waals surface area contributed by atoms with Crippen molar-refractivity contribution in [3.63, 3.8) is 0 Å². The number of aromatic nitrogens is 1. The molecule has 50 valence electrons. The zero-order valence-corrected chi connectivity index (χ0v) is 6.04. The lowest BCUT2D eigenvalue weighted by molar-refractivity contribution is 0.533. The van der Waals surface area contributed by atoms with Crippen molar-refractivity contribution >= 4 is 0 Å². The molecule has 0 N–H and O–H groups in total. The highest BCUT2D eigenvalue weighted by molar-refractivity contribution is 4.92. The highest BCUT2D eigenvalue weighted by atomic mass is 15.0.